The zero-order valence-electron chi connectivity index (χ0n) is 21.4. The highest BCUT2D eigenvalue weighted by Gasteiger charge is 2.47. The predicted molar refractivity (Wildman–Crippen MR) is 135 cm³/mol. The Hall–Kier alpha value is -1.85. The first kappa shape index (κ1) is 26.7. The van der Waals surface area contributed by atoms with Crippen molar-refractivity contribution in [3.8, 4) is 5.75 Å². The summed E-state index contributed by atoms with van der Waals surface area (Å²) in [6.07, 6.45) is 12.3. The Morgan fingerprint density at radius 1 is 1.26 bits per heavy atom. The van der Waals surface area contributed by atoms with Crippen LogP contribution in [-0.4, -0.2) is 40.6 Å². The minimum Gasteiger partial charge on any atom is -0.490 e. The smallest absolute Gasteiger partial charge is 0.307 e. The first-order valence-electron chi connectivity index (χ1n) is 13.2. The molecular weight excluding hydrogens is 428 g/mol. The van der Waals surface area contributed by atoms with E-state index in [0.29, 0.717) is 24.4 Å². The molecule has 2 bridgehead atoms. The van der Waals surface area contributed by atoms with Crippen LogP contribution in [0.4, 0.5) is 0 Å². The number of hydrogen-bond acceptors (Lipinski definition) is 4. The molecule has 2 unspecified atom stereocenters. The van der Waals surface area contributed by atoms with E-state index in [4.69, 9.17) is 14.6 Å². The summed E-state index contributed by atoms with van der Waals surface area (Å²) < 4.78 is 12.2. The average Bonchev–Trinajstić information content (AvgIpc) is 3.41. The van der Waals surface area contributed by atoms with Crippen LogP contribution in [0.25, 0.3) is 0 Å². The van der Waals surface area contributed by atoms with Crippen LogP contribution in [-0.2, 0) is 16.0 Å². The lowest BCUT2D eigenvalue weighted by molar-refractivity contribution is -0.138. The Labute approximate surface area is 205 Å². The lowest BCUT2D eigenvalue weighted by atomic mass is 9.75. The molecule has 0 amide bonds. The van der Waals surface area contributed by atoms with Crippen molar-refractivity contribution in [2.24, 2.45) is 17.3 Å². The maximum atomic E-state index is 11.1. The SMILES string of the molecule is CCCCC(C)(C)C(O)C=CC1[C@H]2CC[C@H](O2)[C@H]1CCc1cccc(O[C@H](CC)CC(=O)O)c1. The highest BCUT2D eigenvalue weighted by Crippen LogP contribution is 2.46. The van der Waals surface area contributed by atoms with Gasteiger partial charge in [-0.05, 0) is 67.6 Å². The molecule has 2 aliphatic heterocycles. The van der Waals surface area contributed by atoms with E-state index in [9.17, 15) is 9.90 Å². The molecular formula is C29H44O5. The molecule has 5 heteroatoms. The molecule has 5 nitrogen and oxygen atoms in total. The second-order valence-corrected chi connectivity index (χ2v) is 10.9. The summed E-state index contributed by atoms with van der Waals surface area (Å²) >= 11 is 0. The number of fused-ring (bicyclic) bond motifs is 2. The number of aryl methyl sites for hydroxylation is 1. The topological polar surface area (TPSA) is 76.0 Å². The van der Waals surface area contributed by atoms with Crippen LogP contribution in [0, 0.1) is 17.3 Å². The zero-order valence-corrected chi connectivity index (χ0v) is 21.4. The molecule has 3 rings (SSSR count). The van der Waals surface area contributed by atoms with E-state index in [1.807, 2.05) is 31.2 Å². The molecule has 2 fully saturated rings. The van der Waals surface area contributed by atoms with Crippen molar-refractivity contribution >= 4 is 5.97 Å². The van der Waals surface area contributed by atoms with Gasteiger partial charge in [0.25, 0.3) is 0 Å². The van der Waals surface area contributed by atoms with Crippen LogP contribution >= 0.6 is 0 Å². The summed E-state index contributed by atoms with van der Waals surface area (Å²) in [6, 6.07) is 8.05. The first-order chi connectivity index (χ1) is 16.2. The number of rotatable bonds is 14. The van der Waals surface area contributed by atoms with Crippen molar-refractivity contribution in [1.29, 1.82) is 0 Å². The maximum absolute atomic E-state index is 11.1. The van der Waals surface area contributed by atoms with Gasteiger partial charge in [-0.1, -0.05) is 64.8 Å². The number of hydrogen-bond donors (Lipinski definition) is 2. The lowest BCUT2D eigenvalue weighted by Crippen LogP contribution is -2.29. The fourth-order valence-electron chi connectivity index (χ4n) is 5.49. The van der Waals surface area contributed by atoms with E-state index in [1.165, 1.54) is 5.56 Å². The standard InChI is InChI=1S/C29H44O5/c1-5-7-17-29(3,4)27(30)16-13-24-23(25-14-15-26(24)34-25)12-11-20-9-8-10-22(18-20)33-21(6-2)19-28(31)32/h8-10,13,16,18,21,23-27,30H,5-7,11-12,14-15,17,19H2,1-4H3,(H,31,32)/t21-,23+,24?,25+,26-,27?/m1/s1. The molecule has 0 aromatic heterocycles. The van der Waals surface area contributed by atoms with Crippen molar-refractivity contribution in [3.63, 3.8) is 0 Å². The lowest BCUT2D eigenvalue weighted by Gasteiger charge is -2.30. The molecule has 0 radical (unpaired) electrons. The van der Waals surface area contributed by atoms with Gasteiger partial charge in [0.2, 0.25) is 0 Å². The number of aliphatic hydroxyl groups excluding tert-OH is 1. The van der Waals surface area contributed by atoms with E-state index in [0.717, 1.165) is 50.7 Å². The molecule has 2 heterocycles. The molecule has 0 aliphatic carbocycles. The third-order valence-electron chi connectivity index (χ3n) is 7.80. The molecule has 0 saturated carbocycles. The molecule has 190 valence electrons. The average molecular weight is 473 g/mol. The molecule has 6 atom stereocenters. The highest BCUT2D eigenvalue weighted by molar-refractivity contribution is 5.67. The Balaban J connectivity index is 1.61. The van der Waals surface area contributed by atoms with E-state index in [1.54, 1.807) is 0 Å². The number of carboxylic acid groups (broad SMARTS) is 1. The van der Waals surface area contributed by atoms with Crippen molar-refractivity contribution in [1.82, 2.24) is 0 Å². The maximum Gasteiger partial charge on any atom is 0.307 e. The molecule has 34 heavy (non-hydrogen) atoms. The minimum atomic E-state index is -0.836. The van der Waals surface area contributed by atoms with Gasteiger partial charge in [0.15, 0.2) is 0 Å². The van der Waals surface area contributed by atoms with Gasteiger partial charge in [-0.2, -0.15) is 0 Å². The van der Waals surface area contributed by atoms with E-state index < -0.39 is 12.1 Å². The van der Waals surface area contributed by atoms with Crippen LogP contribution in [0.2, 0.25) is 0 Å². The minimum absolute atomic E-state index is 0.0122. The van der Waals surface area contributed by atoms with Gasteiger partial charge in [0.05, 0.1) is 24.7 Å². The summed E-state index contributed by atoms with van der Waals surface area (Å²) in [7, 11) is 0. The summed E-state index contributed by atoms with van der Waals surface area (Å²) in [6.45, 7) is 8.44. The van der Waals surface area contributed by atoms with Gasteiger partial charge in [0.1, 0.15) is 11.9 Å². The van der Waals surface area contributed by atoms with E-state index >= 15 is 0 Å². The Kier molecular flexibility index (Phi) is 9.61. The van der Waals surface area contributed by atoms with Crippen molar-refractivity contribution in [2.75, 3.05) is 0 Å². The second kappa shape index (κ2) is 12.2. The number of unbranched alkanes of at least 4 members (excludes halogenated alkanes) is 1. The molecule has 0 spiro atoms. The van der Waals surface area contributed by atoms with Crippen LogP contribution in [0.15, 0.2) is 36.4 Å². The number of benzene rings is 1. The van der Waals surface area contributed by atoms with Crippen LogP contribution in [0.3, 0.4) is 0 Å². The number of aliphatic hydroxyl groups is 1. The first-order valence-corrected chi connectivity index (χ1v) is 13.2. The zero-order chi connectivity index (χ0) is 24.7. The van der Waals surface area contributed by atoms with Gasteiger partial charge >= 0.3 is 5.97 Å². The normalized spacial score (nSPS) is 26.1. The third kappa shape index (κ3) is 7.08. The number of aliphatic carboxylic acids is 1. The van der Waals surface area contributed by atoms with Crippen molar-refractivity contribution < 1.29 is 24.5 Å². The van der Waals surface area contributed by atoms with Crippen molar-refractivity contribution in [2.45, 2.75) is 110 Å². The molecule has 2 aliphatic rings. The summed E-state index contributed by atoms with van der Waals surface area (Å²) in [4.78, 5) is 11.1. The molecule has 2 saturated heterocycles. The van der Waals surface area contributed by atoms with Gasteiger partial charge in [-0.15, -0.1) is 0 Å². The largest absolute Gasteiger partial charge is 0.490 e. The second-order valence-electron chi connectivity index (χ2n) is 10.9. The molecule has 1 aromatic rings. The fraction of sp³-hybridized carbons (Fsp3) is 0.690. The third-order valence-corrected chi connectivity index (χ3v) is 7.80. The monoisotopic (exact) mass is 472 g/mol. The van der Waals surface area contributed by atoms with Crippen LogP contribution in [0.1, 0.15) is 84.6 Å². The number of carbonyl (C=O) groups is 1. The quantitative estimate of drug-likeness (QED) is 0.316. The van der Waals surface area contributed by atoms with E-state index in [2.05, 4.69) is 32.9 Å². The van der Waals surface area contributed by atoms with Crippen molar-refractivity contribution in [3.05, 3.63) is 42.0 Å². The molecule has 2 N–H and O–H groups in total. The summed E-state index contributed by atoms with van der Waals surface area (Å²) in [5.74, 6) is 0.719. The fourth-order valence-corrected chi connectivity index (χ4v) is 5.49. The van der Waals surface area contributed by atoms with Crippen LogP contribution in [0.5, 0.6) is 5.75 Å². The highest BCUT2D eigenvalue weighted by atomic mass is 16.5. The number of ether oxygens (including phenoxy) is 2. The predicted octanol–water partition coefficient (Wildman–Crippen LogP) is 6.18. The van der Waals surface area contributed by atoms with Gasteiger partial charge < -0.3 is 19.7 Å². The Morgan fingerprint density at radius 3 is 2.74 bits per heavy atom. The Morgan fingerprint density at radius 2 is 2.03 bits per heavy atom. The van der Waals surface area contributed by atoms with Gasteiger partial charge in [-0.25, -0.2) is 0 Å². The van der Waals surface area contributed by atoms with Crippen LogP contribution < -0.4 is 4.74 Å². The summed E-state index contributed by atoms with van der Waals surface area (Å²) in [5, 5.41) is 19.9. The molecule has 1 aromatic carbocycles. The van der Waals surface area contributed by atoms with E-state index in [-0.39, 0.29) is 24.0 Å². The Bertz CT molecular complexity index is 816. The summed E-state index contributed by atoms with van der Waals surface area (Å²) in [5.41, 5.74) is 1.09. The number of carboxylic acids is 1. The van der Waals surface area contributed by atoms with Gasteiger partial charge in [0, 0.05) is 5.92 Å². The van der Waals surface area contributed by atoms with Gasteiger partial charge in [-0.3, -0.25) is 4.79 Å².